The highest BCUT2D eigenvalue weighted by molar-refractivity contribution is 5.97. The van der Waals surface area contributed by atoms with E-state index in [0.717, 1.165) is 12.1 Å². The molecule has 2 aromatic carbocycles. The van der Waals surface area contributed by atoms with Crippen molar-refractivity contribution in [3.8, 4) is 0 Å². The fourth-order valence-corrected chi connectivity index (χ4v) is 3.47. The summed E-state index contributed by atoms with van der Waals surface area (Å²) in [4.78, 5) is 28.5. The Bertz CT molecular complexity index is 834. The van der Waals surface area contributed by atoms with E-state index in [-0.39, 0.29) is 23.8 Å². The first kappa shape index (κ1) is 19.2. The molecule has 142 valence electrons. The molecule has 0 saturated heterocycles. The molecule has 1 aliphatic rings. The molecule has 3 rings (SSSR count). The van der Waals surface area contributed by atoms with Gasteiger partial charge in [-0.25, -0.2) is 0 Å². The van der Waals surface area contributed by atoms with Crippen LogP contribution in [0.25, 0.3) is 0 Å². The van der Waals surface area contributed by atoms with Crippen LogP contribution in [-0.2, 0) is 28.0 Å². The molecule has 0 aromatic heterocycles. The fraction of sp³-hybridized carbons (Fsp3) is 0.391. The zero-order valence-corrected chi connectivity index (χ0v) is 16.7. The van der Waals surface area contributed by atoms with E-state index in [2.05, 4.69) is 32.9 Å². The fourth-order valence-electron chi connectivity index (χ4n) is 3.47. The molecule has 2 aromatic rings. The molecule has 0 aliphatic carbocycles. The number of rotatable bonds is 3. The first-order chi connectivity index (χ1) is 12.8. The first-order valence-electron chi connectivity index (χ1n) is 9.49. The highest BCUT2D eigenvalue weighted by Crippen LogP contribution is 2.25. The first-order valence-corrected chi connectivity index (χ1v) is 9.49. The number of hydrogen-bond acceptors (Lipinski definition) is 2. The lowest BCUT2D eigenvalue weighted by Crippen LogP contribution is -2.44. The normalized spacial score (nSPS) is 13.9. The molecule has 0 atom stereocenters. The van der Waals surface area contributed by atoms with Crippen molar-refractivity contribution < 1.29 is 9.59 Å². The number of carbonyl (C=O) groups excluding carboxylic acids is 2. The van der Waals surface area contributed by atoms with Crippen molar-refractivity contribution in [3.63, 3.8) is 0 Å². The SMILES string of the molecule is CC(=O)N(CC(=O)N1CCc2ccccc2C1)c1ccc(C(C)(C)C)cc1. The molecule has 4 nitrogen and oxygen atoms in total. The van der Waals surface area contributed by atoms with E-state index in [4.69, 9.17) is 0 Å². The second kappa shape index (κ2) is 7.55. The molecule has 1 aliphatic heterocycles. The quantitative estimate of drug-likeness (QED) is 0.828. The van der Waals surface area contributed by atoms with Gasteiger partial charge in [-0.05, 0) is 40.7 Å². The Morgan fingerprint density at radius 2 is 1.63 bits per heavy atom. The van der Waals surface area contributed by atoms with Crippen molar-refractivity contribution in [1.82, 2.24) is 4.90 Å². The molecule has 0 N–H and O–H groups in total. The van der Waals surface area contributed by atoms with Crippen molar-refractivity contribution in [2.75, 3.05) is 18.0 Å². The number of hydrogen-bond donors (Lipinski definition) is 0. The summed E-state index contributed by atoms with van der Waals surface area (Å²) in [5, 5.41) is 0. The summed E-state index contributed by atoms with van der Waals surface area (Å²) in [6.07, 6.45) is 0.863. The highest BCUT2D eigenvalue weighted by Gasteiger charge is 2.24. The van der Waals surface area contributed by atoms with E-state index in [0.29, 0.717) is 13.1 Å². The van der Waals surface area contributed by atoms with E-state index in [1.165, 1.54) is 23.6 Å². The Hall–Kier alpha value is -2.62. The van der Waals surface area contributed by atoms with Gasteiger partial charge in [-0.2, -0.15) is 0 Å². The van der Waals surface area contributed by atoms with Crippen LogP contribution in [0.15, 0.2) is 48.5 Å². The van der Waals surface area contributed by atoms with Gasteiger partial charge < -0.3 is 9.80 Å². The van der Waals surface area contributed by atoms with Gasteiger partial charge >= 0.3 is 0 Å². The van der Waals surface area contributed by atoms with Crippen molar-refractivity contribution >= 4 is 17.5 Å². The second-order valence-electron chi connectivity index (χ2n) is 8.24. The third-order valence-electron chi connectivity index (χ3n) is 5.20. The van der Waals surface area contributed by atoms with Crippen LogP contribution in [-0.4, -0.2) is 29.8 Å². The van der Waals surface area contributed by atoms with Crippen LogP contribution in [0.3, 0.4) is 0 Å². The number of carbonyl (C=O) groups is 2. The maximum absolute atomic E-state index is 12.9. The Morgan fingerprint density at radius 3 is 2.22 bits per heavy atom. The van der Waals surface area contributed by atoms with E-state index in [1.807, 2.05) is 41.3 Å². The summed E-state index contributed by atoms with van der Waals surface area (Å²) < 4.78 is 0. The number of benzene rings is 2. The Morgan fingerprint density at radius 1 is 1.00 bits per heavy atom. The van der Waals surface area contributed by atoms with Gasteiger partial charge in [0.1, 0.15) is 6.54 Å². The standard InChI is InChI=1S/C23H28N2O2/c1-17(26)25(21-11-9-20(10-12-21)23(2,3)4)16-22(27)24-14-13-18-7-5-6-8-19(18)15-24/h5-12H,13-16H2,1-4H3. The van der Waals surface area contributed by atoms with Gasteiger partial charge in [0.15, 0.2) is 0 Å². The third kappa shape index (κ3) is 4.38. The summed E-state index contributed by atoms with van der Waals surface area (Å²) in [6.45, 7) is 9.37. The van der Waals surface area contributed by atoms with Crippen LogP contribution < -0.4 is 4.90 Å². The van der Waals surface area contributed by atoms with Crippen molar-refractivity contribution in [2.24, 2.45) is 0 Å². The van der Waals surface area contributed by atoms with Crippen molar-refractivity contribution in [1.29, 1.82) is 0 Å². The van der Waals surface area contributed by atoms with Crippen LogP contribution in [0.4, 0.5) is 5.69 Å². The topological polar surface area (TPSA) is 40.6 Å². The second-order valence-corrected chi connectivity index (χ2v) is 8.24. The zero-order chi connectivity index (χ0) is 19.6. The molecule has 0 saturated carbocycles. The molecular formula is C23H28N2O2. The molecule has 27 heavy (non-hydrogen) atoms. The van der Waals surface area contributed by atoms with Gasteiger partial charge in [-0.3, -0.25) is 9.59 Å². The van der Waals surface area contributed by atoms with Gasteiger partial charge in [0, 0.05) is 25.7 Å². The Kier molecular flexibility index (Phi) is 5.36. The van der Waals surface area contributed by atoms with E-state index < -0.39 is 0 Å². The molecule has 0 spiro atoms. The average Bonchev–Trinajstić information content (AvgIpc) is 2.64. The minimum atomic E-state index is -0.121. The maximum Gasteiger partial charge on any atom is 0.242 e. The van der Waals surface area contributed by atoms with Gasteiger partial charge in [0.25, 0.3) is 0 Å². The third-order valence-corrected chi connectivity index (χ3v) is 5.20. The van der Waals surface area contributed by atoms with E-state index >= 15 is 0 Å². The minimum absolute atomic E-state index is 0.0143. The molecule has 2 amide bonds. The van der Waals surface area contributed by atoms with Gasteiger partial charge in [-0.1, -0.05) is 57.2 Å². The summed E-state index contributed by atoms with van der Waals surface area (Å²) in [7, 11) is 0. The number of fused-ring (bicyclic) bond motifs is 1. The predicted octanol–water partition coefficient (Wildman–Crippen LogP) is 3.92. The molecular weight excluding hydrogens is 336 g/mol. The van der Waals surface area contributed by atoms with Crippen molar-refractivity contribution in [3.05, 3.63) is 65.2 Å². The van der Waals surface area contributed by atoms with E-state index in [9.17, 15) is 9.59 Å². The molecule has 0 unspecified atom stereocenters. The maximum atomic E-state index is 12.9. The van der Waals surface area contributed by atoms with E-state index in [1.54, 1.807) is 4.90 Å². The molecule has 0 fully saturated rings. The number of anilines is 1. The minimum Gasteiger partial charge on any atom is -0.336 e. The van der Waals surface area contributed by atoms with Crippen LogP contribution in [0, 0.1) is 0 Å². The lowest BCUT2D eigenvalue weighted by Gasteiger charge is -2.31. The Labute approximate surface area is 161 Å². The predicted molar refractivity (Wildman–Crippen MR) is 109 cm³/mol. The monoisotopic (exact) mass is 364 g/mol. The zero-order valence-electron chi connectivity index (χ0n) is 16.7. The summed E-state index contributed by atoms with van der Waals surface area (Å²) >= 11 is 0. The van der Waals surface area contributed by atoms with Gasteiger partial charge in [-0.15, -0.1) is 0 Å². The lowest BCUT2D eigenvalue weighted by molar-refractivity contribution is -0.132. The largest absolute Gasteiger partial charge is 0.336 e. The molecule has 0 radical (unpaired) electrons. The average molecular weight is 364 g/mol. The smallest absolute Gasteiger partial charge is 0.242 e. The molecule has 0 bridgehead atoms. The summed E-state index contributed by atoms with van der Waals surface area (Å²) in [5.74, 6) is -0.135. The van der Waals surface area contributed by atoms with Crippen LogP contribution in [0.1, 0.15) is 44.4 Å². The van der Waals surface area contributed by atoms with Crippen LogP contribution >= 0.6 is 0 Å². The van der Waals surface area contributed by atoms with Crippen LogP contribution in [0.2, 0.25) is 0 Å². The number of amides is 2. The van der Waals surface area contributed by atoms with Crippen molar-refractivity contribution in [2.45, 2.75) is 46.1 Å². The molecule has 1 heterocycles. The summed E-state index contributed by atoms with van der Waals surface area (Å²) in [5.41, 5.74) is 4.52. The van der Waals surface area contributed by atoms with Crippen LogP contribution in [0.5, 0.6) is 0 Å². The molecule has 4 heteroatoms. The van der Waals surface area contributed by atoms with Gasteiger partial charge in [0.2, 0.25) is 11.8 Å². The lowest BCUT2D eigenvalue weighted by atomic mass is 9.87. The summed E-state index contributed by atoms with van der Waals surface area (Å²) in [6, 6.07) is 16.2. The Balaban J connectivity index is 1.73. The number of nitrogens with zero attached hydrogens (tertiary/aromatic N) is 2. The van der Waals surface area contributed by atoms with Gasteiger partial charge in [0.05, 0.1) is 0 Å². The highest BCUT2D eigenvalue weighted by atomic mass is 16.2.